The fraction of sp³-hybridized carbons (Fsp3) is 0. The van der Waals surface area contributed by atoms with Crippen LogP contribution in [0, 0.1) is 0 Å². The summed E-state index contributed by atoms with van der Waals surface area (Å²) in [5, 5.41) is 5.16. The predicted molar refractivity (Wildman–Crippen MR) is 88.6 cm³/mol. The molecule has 2 heterocycles. The first-order chi connectivity index (χ1) is 10.6. The standard InChI is InChI=1S/C16H11ClN4O/c17-9-1-4-11(5-2-9)21-16(22)13-8-19-14-7-10(18)3-6-12(14)15(13)20-21/h1-8,20H,18H2. The number of nitrogens with two attached hydrogens (primary N) is 1. The van der Waals surface area contributed by atoms with Crippen LogP contribution in [0.2, 0.25) is 5.02 Å². The molecular weight excluding hydrogens is 300 g/mol. The van der Waals surface area contributed by atoms with Gasteiger partial charge in [-0.1, -0.05) is 11.6 Å². The second-order valence-electron chi connectivity index (χ2n) is 5.05. The second-order valence-corrected chi connectivity index (χ2v) is 5.49. The van der Waals surface area contributed by atoms with E-state index in [0.29, 0.717) is 21.8 Å². The molecule has 0 radical (unpaired) electrons. The monoisotopic (exact) mass is 310 g/mol. The average Bonchev–Trinajstić information content (AvgIpc) is 2.85. The van der Waals surface area contributed by atoms with E-state index >= 15 is 0 Å². The summed E-state index contributed by atoms with van der Waals surface area (Å²) in [6, 6.07) is 12.5. The van der Waals surface area contributed by atoms with E-state index in [-0.39, 0.29) is 5.56 Å². The molecule has 0 unspecified atom stereocenters. The van der Waals surface area contributed by atoms with E-state index in [4.69, 9.17) is 17.3 Å². The molecule has 0 fully saturated rings. The van der Waals surface area contributed by atoms with Crippen molar-refractivity contribution < 1.29 is 0 Å². The Morgan fingerprint density at radius 3 is 2.64 bits per heavy atom. The summed E-state index contributed by atoms with van der Waals surface area (Å²) in [5.41, 5.74) is 8.47. The topological polar surface area (TPSA) is 76.7 Å². The number of hydrogen-bond donors (Lipinski definition) is 2. The Morgan fingerprint density at radius 1 is 1.09 bits per heavy atom. The highest BCUT2D eigenvalue weighted by molar-refractivity contribution is 6.30. The lowest BCUT2D eigenvalue weighted by Gasteiger charge is -2.01. The average molecular weight is 311 g/mol. The van der Waals surface area contributed by atoms with E-state index in [0.717, 1.165) is 16.4 Å². The molecule has 3 N–H and O–H groups in total. The van der Waals surface area contributed by atoms with Crippen LogP contribution in [-0.2, 0) is 0 Å². The maximum atomic E-state index is 12.6. The molecule has 0 saturated carbocycles. The quantitative estimate of drug-likeness (QED) is 0.530. The maximum Gasteiger partial charge on any atom is 0.280 e. The fourth-order valence-electron chi connectivity index (χ4n) is 2.55. The number of H-pyrrole nitrogens is 1. The summed E-state index contributed by atoms with van der Waals surface area (Å²) in [4.78, 5) is 16.9. The minimum absolute atomic E-state index is 0.149. The molecule has 5 nitrogen and oxygen atoms in total. The van der Waals surface area contributed by atoms with Crippen LogP contribution in [-0.4, -0.2) is 14.8 Å². The molecule has 0 aliphatic carbocycles. The van der Waals surface area contributed by atoms with E-state index in [1.165, 1.54) is 4.68 Å². The first-order valence-electron chi connectivity index (χ1n) is 6.68. The summed E-state index contributed by atoms with van der Waals surface area (Å²) in [6.45, 7) is 0. The highest BCUT2D eigenvalue weighted by Gasteiger charge is 2.12. The lowest BCUT2D eigenvalue weighted by Crippen LogP contribution is -2.13. The van der Waals surface area contributed by atoms with Crippen molar-refractivity contribution >= 4 is 39.1 Å². The van der Waals surface area contributed by atoms with E-state index in [2.05, 4.69) is 10.1 Å². The largest absolute Gasteiger partial charge is 0.399 e. The Balaban J connectivity index is 2.06. The van der Waals surface area contributed by atoms with Gasteiger partial charge in [0.15, 0.2) is 0 Å². The van der Waals surface area contributed by atoms with Gasteiger partial charge in [-0.25, -0.2) is 4.68 Å². The van der Waals surface area contributed by atoms with Crippen LogP contribution >= 0.6 is 11.6 Å². The molecule has 108 valence electrons. The molecule has 0 aliphatic heterocycles. The lowest BCUT2D eigenvalue weighted by molar-refractivity contribution is 0.865. The summed E-state index contributed by atoms with van der Waals surface area (Å²) < 4.78 is 1.48. The SMILES string of the molecule is Nc1ccc2c(c1)ncc1c(=O)n(-c3ccc(Cl)cc3)[nH]c12. The summed E-state index contributed by atoms with van der Waals surface area (Å²) >= 11 is 5.89. The van der Waals surface area contributed by atoms with E-state index < -0.39 is 0 Å². The third-order valence-corrected chi connectivity index (χ3v) is 3.89. The Bertz CT molecular complexity index is 1060. The number of hydrogen-bond acceptors (Lipinski definition) is 3. The molecule has 4 rings (SSSR count). The van der Waals surface area contributed by atoms with Gasteiger partial charge in [0.05, 0.1) is 22.1 Å². The van der Waals surface area contributed by atoms with Gasteiger partial charge in [0, 0.05) is 22.3 Å². The Labute approximate surface area is 129 Å². The molecule has 0 saturated heterocycles. The first-order valence-corrected chi connectivity index (χ1v) is 7.06. The Kier molecular flexibility index (Phi) is 2.71. The number of pyridine rings is 1. The zero-order valence-corrected chi connectivity index (χ0v) is 12.1. The van der Waals surface area contributed by atoms with E-state index in [1.807, 2.05) is 6.07 Å². The Morgan fingerprint density at radius 2 is 1.86 bits per heavy atom. The lowest BCUT2D eigenvalue weighted by atomic mass is 10.1. The van der Waals surface area contributed by atoms with Gasteiger partial charge in [0.1, 0.15) is 0 Å². The van der Waals surface area contributed by atoms with Crippen molar-refractivity contribution in [2.75, 3.05) is 5.73 Å². The van der Waals surface area contributed by atoms with Gasteiger partial charge >= 0.3 is 0 Å². The van der Waals surface area contributed by atoms with Crippen LogP contribution in [0.5, 0.6) is 0 Å². The smallest absolute Gasteiger partial charge is 0.280 e. The molecule has 0 aliphatic rings. The van der Waals surface area contributed by atoms with Crippen LogP contribution < -0.4 is 11.3 Å². The normalized spacial score (nSPS) is 11.3. The van der Waals surface area contributed by atoms with Crippen molar-refractivity contribution in [2.24, 2.45) is 0 Å². The number of rotatable bonds is 1. The third kappa shape index (κ3) is 1.87. The minimum atomic E-state index is -0.149. The summed E-state index contributed by atoms with van der Waals surface area (Å²) in [5.74, 6) is 0. The number of aromatic nitrogens is 3. The number of nitrogen functional groups attached to an aromatic ring is 1. The number of aromatic amines is 1. The van der Waals surface area contributed by atoms with E-state index in [9.17, 15) is 4.79 Å². The van der Waals surface area contributed by atoms with Crippen LogP contribution in [0.1, 0.15) is 0 Å². The number of nitrogens with one attached hydrogen (secondary N) is 1. The van der Waals surface area contributed by atoms with Crippen LogP contribution in [0.4, 0.5) is 5.69 Å². The zero-order chi connectivity index (χ0) is 15.3. The number of nitrogens with zero attached hydrogens (tertiary/aromatic N) is 2. The van der Waals surface area contributed by atoms with Gasteiger partial charge in [0.25, 0.3) is 5.56 Å². The Hall–Kier alpha value is -2.79. The molecule has 0 spiro atoms. The predicted octanol–water partition coefficient (Wildman–Crippen LogP) is 3.10. The summed E-state index contributed by atoms with van der Waals surface area (Å²) in [7, 11) is 0. The number of anilines is 1. The molecule has 0 amide bonds. The third-order valence-electron chi connectivity index (χ3n) is 3.64. The molecular formula is C16H11ClN4O. The molecule has 22 heavy (non-hydrogen) atoms. The van der Waals surface area contributed by atoms with Crippen LogP contribution in [0.15, 0.2) is 53.5 Å². The van der Waals surface area contributed by atoms with Crippen LogP contribution in [0.3, 0.4) is 0 Å². The maximum absolute atomic E-state index is 12.6. The van der Waals surface area contributed by atoms with Gasteiger partial charge in [-0.15, -0.1) is 0 Å². The molecule has 6 heteroatoms. The first kappa shape index (κ1) is 12.9. The van der Waals surface area contributed by atoms with Crippen LogP contribution in [0.25, 0.3) is 27.5 Å². The van der Waals surface area contributed by atoms with Crippen molar-refractivity contribution in [3.05, 3.63) is 64.0 Å². The molecule has 0 atom stereocenters. The van der Waals surface area contributed by atoms with E-state index in [1.54, 1.807) is 42.6 Å². The molecule has 2 aromatic carbocycles. The molecule has 0 bridgehead atoms. The van der Waals surface area contributed by atoms with Gasteiger partial charge in [0.2, 0.25) is 0 Å². The van der Waals surface area contributed by atoms with Crippen molar-refractivity contribution in [1.29, 1.82) is 0 Å². The minimum Gasteiger partial charge on any atom is -0.399 e. The van der Waals surface area contributed by atoms with Gasteiger partial charge in [-0.3, -0.25) is 14.9 Å². The van der Waals surface area contributed by atoms with Crippen molar-refractivity contribution in [3.8, 4) is 5.69 Å². The number of halogens is 1. The molecule has 4 aromatic rings. The fourth-order valence-corrected chi connectivity index (χ4v) is 2.67. The van der Waals surface area contributed by atoms with Gasteiger partial charge in [-0.05, 0) is 42.5 Å². The van der Waals surface area contributed by atoms with Crippen molar-refractivity contribution in [2.45, 2.75) is 0 Å². The highest BCUT2D eigenvalue weighted by Crippen LogP contribution is 2.23. The van der Waals surface area contributed by atoms with Crippen molar-refractivity contribution in [1.82, 2.24) is 14.8 Å². The highest BCUT2D eigenvalue weighted by atomic mass is 35.5. The second kappa shape index (κ2) is 4.61. The summed E-state index contributed by atoms with van der Waals surface area (Å²) in [6.07, 6.45) is 1.57. The number of benzene rings is 2. The van der Waals surface area contributed by atoms with Gasteiger partial charge < -0.3 is 5.73 Å². The van der Waals surface area contributed by atoms with Crippen molar-refractivity contribution in [3.63, 3.8) is 0 Å². The zero-order valence-electron chi connectivity index (χ0n) is 11.4. The van der Waals surface area contributed by atoms with Gasteiger partial charge in [-0.2, -0.15) is 0 Å². The molecule has 2 aromatic heterocycles. The number of fused-ring (bicyclic) bond motifs is 3.